The van der Waals surface area contributed by atoms with Crippen LogP contribution in [0.25, 0.3) is 10.9 Å². The largest absolute Gasteiger partial charge is 0.382 e. The van der Waals surface area contributed by atoms with Crippen LogP contribution in [0.5, 0.6) is 0 Å². The minimum atomic E-state index is -0.320. The lowest BCUT2D eigenvalue weighted by atomic mass is 9.89. The molecular formula is C23H33N3O3S. The van der Waals surface area contributed by atoms with Crippen LogP contribution < -0.4 is 10.9 Å². The second-order valence-electron chi connectivity index (χ2n) is 7.93. The van der Waals surface area contributed by atoms with Crippen LogP contribution in [-0.4, -0.2) is 40.5 Å². The molecular weight excluding hydrogens is 398 g/mol. The van der Waals surface area contributed by atoms with Gasteiger partial charge in [0.15, 0.2) is 5.16 Å². The second kappa shape index (κ2) is 11.5. The van der Waals surface area contributed by atoms with E-state index in [0.717, 1.165) is 13.0 Å². The van der Waals surface area contributed by atoms with Crippen molar-refractivity contribution in [2.75, 3.05) is 19.8 Å². The Morgan fingerprint density at radius 3 is 2.83 bits per heavy atom. The highest BCUT2D eigenvalue weighted by molar-refractivity contribution is 8.00. The molecule has 0 spiro atoms. The molecule has 0 radical (unpaired) electrons. The topological polar surface area (TPSA) is 73.2 Å². The molecule has 1 heterocycles. The number of aromatic nitrogens is 2. The van der Waals surface area contributed by atoms with Crippen LogP contribution in [0.3, 0.4) is 0 Å². The predicted molar refractivity (Wildman–Crippen MR) is 122 cm³/mol. The van der Waals surface area contributed by atoms with E-state index in [4.69, 9.17) is 9.72 Å². The number of nitrogens with one attached hydrogen (secondary N) is 1. The highest BCUT2D eigenvalue weighted by Gasteiger charge is 2.21. The van der Waals surface area contributed by atoms with Crippen molar-refractivity contribution in [2.45, 2.75) is 69.3 Å². The molecule has 164 valence electrons. The first-order valence-corrected chi connectivity index (χ1v) is 12.0. The van der Waals surface area contributed by atoms with Gasteiger partial charge in [0.1, 0.15) is 0 Å². The average Bonchev–Trinajstić information content (AvgIpc) is 2.77. The zero-order valence-electron chi connectivity index (χ0n) is 18.1. The standard InChI is InChI=1S/C23H33N3O3S/c1-3-29-15-9-14-26-22(28)19-12-7-8-13-20(19)25-23(26)30-17(2)21(27)24-16-18-10-5-4-6-11-18/h7-8,12-13,17-18H,3-6,9-11,14-16H2,1-2H3,(H,24,27). The highest BCUT2D eigenvalue weighted by atomic mass is 32.2. The molecule has 2 aromatic rings. The van der Waals surface area contributed by atoms with Crippen molar-refractivity contribution >= 4 is 28.6 Å². The van der Waals surface area contributed by atoms with Gasteiger partial charge in [-0.25, -0.2) is 4.98 Å². The Labute approximate surface area is 182 Å². The monoisotopic (exact) mass is 431 g/mol. The van der Waals surface area contributed by atoms with E-state index in [1.807, 2.05) is 32.0 Å². The number of hydrogen-bond acceptors (Lipinski definition) is 5. The number of nitrogens with zero attached hydrogens (tertiary/aromatic N) is 2. The third-order valence-corrected chi connectivity index (χ3v) is 6.73. The summed E-state index contributed by atoms with van der Waals surface area (Å²) in [5.74, 6) is 0.601. The summed E-state index contributed by atoms with van der Waals surface area (Å²) in [7, 11) is 0. The number of hydrogen-bond donors (Lipinski definition) is 1. The Bertz CT molecular complexity index is 893. The summed E-state index contributed by atoms with van der Waals surface area (Å²) >= 11 is 1.36. The molecule has 1 aromatic heterocycles. The third-order valence-electron chi connectivity index (χ3n) is 5.64. The normalized spacial score (nSPS) is 15.9. The number of carbonyl (C=O) groups is 1. The second-order valence-corrected chi connectivity index (χ2v) is 9.24. The van der Waals surface area contributed by atoms with Crippen molar-refractivity contribution in [3.8, 4) is 0 Å². The maximum absolute atomic E-state index is 13.1. The summed E-state index contributed by atoms with van der Waals surface area (Å²) in [6, 6.07) is 7.38. The van der Waals surface area contributed by atoms with Gasteiger partial charge in [-0.2, -0.15) is 0 Å². The van der Waals surface area contributed by atoms with Crippen molar-refractivity contribution in [3.63, 3.8) is 0 Å². The average molecular weight is 432 g/mol. The van der Waals surface area contributed by atoms with Gasteiger partial charge in [-0.05, 0) is 51.2 Å². The van der Waals surface area contributed by atoms with Gasteiger partial charge >= 0.3 is 0 Å². The maximum atomic E-state index is 13.1. The SMILES string of the molecule is CCOCCCn1c(SC(C)C(=O)NCC2CCCCC2)nc2ccccc2c1=O. The highest BCUT2D eigenvalue weighted by Crippen LogP contribution is 2.25. The summed E-state index contributed by atoms with van der Waals surface area (Å²) in [5, 5.41) is 3.99. The molecule has 1 aliphatic rings. The lowest BCUT2D eigenvalue weighted by molar-refractivity contribution is -0.120. The van der Waals surface area contributed by atoms with E-state index in [0.29, 0.717) is 41.7 Å². The molecule has 1 unspecified atom stereocenters. The summed E-state index contributed by atoms with van der Waals surface area (Å²) in [5.41, 5.74) is 0.607. The molecule has 30 heavy (non-hydrogen) atoms. The lowest BCUT2D eigenvalue weighted by Gasteiger charge is -2.22. The fourth-order valence-corrected chi connectivity index (χ4v) is 4.85. The Morgan fingerprint density at radius 2 is 2.07 bits per heavy atom. The van der Waals surface area contributed by atoms with Gasteiger partial charge in [0.25, 0.3) is 5.56 Å². The Balaban J connectivity index is 1.72. The number of carbonyl (C=O) groups excluding carboxylic acids is 1. The van der Waals surface area contributed by atoms with Gasteiger partial charge in [-0.1, -0.05) is 43.2 Å². The zero-order chi connectivity index (χ0) is 21.3. The molecule has 1 aliphatic carbocycles. The van der Waals surface area contributed by atoms with Crippen LogP contribution in [0.15, 0.2) is 34.2 Å². The molecule has 0 aliphatic heterocycles. The fourth-order valence-electron chi connectivity index (χ4n) is 3.90. The summed E-state index contributed by atoms with van der Waals surface area (Å²) in [4.78, 5) is 30.5. The number of fused-ring (bicyclic) bond motifs is 1. The van der Waals surface area contributed by atoms with Gasteiger partial charge in [0.2, 0.25) is 5.91 Å². The molecule has 1 saturated carbocycles. The van der Waals surface area contributed by atoms with Crippen LogP contribution in [0, 0.1) is 5.92 Å². The molecule has 6 nitrogen and oxygen atoms in total. The van der Waals surface area contributed by atoms with Gasteiger partial charge in [0, 0.05) is 26.3 Å². The van der Waals surface area contributed by atoms with Crippen LogP contribution >= 0.6 is 11.8 Å². The number of para-hydroxylation sites is 1. The lowest BCUT2D eigenvalue weighted by Crippen LogP contribution is -2.36. The number of thioether (sulfide) groups is 1. The Hall–Kier alpha value is -1.86. The number of ether oxygens (including phenoxy) is 1. The van der Waals surface area contributed by atoms with E-state index in [1.165, 1.54) is 43.9 Å². The molecule has 1 aromatic carbocycles. The summed E-state index contributed by atoms with van der Waals surface area (Å²) in [6.45, 7) is 6.36. The first-order chi connectivity index (χ1) is 14.6. The van der Waals surface area contributed by atoms with Gasteiger partial charge in [0.05, 0.1) is 16.2 Å². The molecule has 3 rings (SSSR count). The first kappa shape index (κ1) is 22.8. The smallest absolute Gasteiger partial charge is 0.262 e. The van der Waals surface area contributed by atoms with Crippen LogP contribution in [0.4, 0.5) is 0 Å². The van der Waals surface area contributed by atoms with Crippen LogP contribution in [0.1, 0.15) is 52.4 Å². The van der Waals surface area contributed by atoms with E-state index >= 15 is 0 Å². The molecule has 1 amide bonds. The predicted octanol–water partition coefficient (Wildman–Crippen LogP) is 4.00. The first-order valence-electron chi connectivity index (χ1n) is 11.1. The minimum absolute atomic E-state index is 0.00819. The van der Waals surface area contributed by atoms with E-state index < -0.39 is 0 Å². The molecule has 1 fully saturated rings. The van der Waals surface area contributed by atoms with E-state index in [-0.39, 0.29) is 16.7 Å². The number of benzene rings is 1. The minimum Gasteiger partial charge on any atom is -0.382 e. The van der Waals surface area contributed by atoms with Crippen molar-refractivity contribution in [1.82, 2.24) is 14.9 Å². The molecule has 7 heteroatoms. The van der Waals surface area contributed by atoms with Crippen LogP contribution in [-0.2, 0) is 16.1 Å². The quantitative estimate of drug-likeness (QED) is 0.350. The van der Waals surface area contributed by atoms with E-state index in [9.17, 15) is 9.59 Å². The third kappa shape index (κ3) is 6.08. The molecule has 1 atom stereocenters. The van der Waals surface area contributed by atoms with E-state index in [2.05, 4.69) is 5.32 Å². The maximum Gasteiger partial charge on any atom is 0.262 e. The van der Waals surface area contributed by atoms with Gasteiger partial charge in [-0.3, -0.25) is 14.2 Å². The number of rotatable bonds is 10. The van der Waals surface area contributed by atoms with E-state index in [1.54, 1.807) is 10.6 Å². The zero-order valence-corrected chi connectivity index (χ0v) is 18.9. The van der Waals surface area contributed by atoms with Gasteiger partial charge in [-0.15, -0.1) is 0 Å². The molecule has 0 bridgehead atoms. The van der Waals surface area contributed by atoms with Crippen molar-refractivity contribution in [3.05, 3.63) is 34.6 Å². The Morgan fingerprint density at radius 1 is 1.30 bits per heavy atom. The molecule has 1 N–H and O–H groups in total. The fraction of sp³-hybridized carbons (Fsp3) is 0.609. The van der Waals surface area contributed by atoms with Crippen LogP contribution in [0.2, 0.25) is 0 Å². The van der Waals surface area contributed by atoms with Crippen molar-refractivity contribution in [1.29, 1.82) is 0 Å². The summed E-state index contributed by atoms with van der Waals surface area (Å²) in [6.07, 6.45) is 6.97. The Kier molecular flexibility index (Phi) is 8.75. The van der Waals surface area contributed by atoms with Crippen molar-refractivity contribution < 1.29 is 9.53 Å². The molecule has 0 saturated heterocycles. The van der Waals surface area contributed by atoms with Crippen molar-refractivity contribution in [2.24, 2.45) is 5.92 Å². The van der Waals surface area contributed by atoms with Gasteiger partial charge < -0.3 is 10.1 Å². The summed E-state index contributed by atoms with van der Waals surface area (Å²) < 4.78 is 7.12. The number of amides is 1.